The zero-order valence-electron chi connectivity index (χ0n) is 7.58. The summed E-state index contributed by atoms with van der Waals surface area (Å²) in [5, 5.41) is 0. The second kappa shape index (κ2) is 4.45. The molecule has 1 aliphatic rings. The van der Waals surface area contributed by atoms with E-state index in [0.29, 0.717) is 0 Å². The third-order valence-electron chi connectivity index (χ3n) is 2.24. The monoisotopic (exact) mass is 171 g/mol. The van der Waals surface area contributed by atoms with Gasteiger partial charge < -0.3 is 10.5 Å². The average molecular weight is 171 g/mol. The molecule has 1 aliphatic carbocycles. The molecule has 0 amide bonds. The van der Waals surface area contributed by atoms with Gasteiger partial charge >= 0.3 is 5.97 Å². The van der Waals surface area contributed by atoms with Crippen LogP contribution in [0.25, 0.3) is 0 Å². The molecule has 0 saturated heterocycles. The summed E-state index contributed by atoms with van der Waals surface area (Å²) in [5.41, 5.74) is 5.58. The summed E-state index contributed by atoms with van der Waals surface area (Å²) in [5.74, 6) is -0.221. The normalized spacial score (nSPS) is 19.8. The van der Waals surface area contributed by atoms with Gasteiger partial charge in [0.15, 0.2) is 0 Å². The molecule has 1 atom stereocenters. The molecule has 2 N–H and O–H groups in total. The third kappa shape index (κ3) is 2.48. The Morgan fingerprint density at radius 1 is 1.67 bits per heavy atom. The summed E-state index contributed by atoms with van der Waals surface area (Å²) in [4.78, 5) is 11.2. The Balaban J connectivity index is 2.16. The van der Waals surface area contributed by atoms with E-state index in [2.05, 4.69) is 0 Å². The fourth-order valence-corrected chi connectivity index (χ4v) is 1.17. The van der Waals surface area contributed by atoms with Crippen molar-refractivity contribution >= 4 is 5.97 Å². The first-order valence-corrected chi connectivity index (χ1v) is 4.70. The minimum atomic E-state index is -0.407. The number of hydrogen-bond acceptors (Lipinski definition) is 3. The molecule has 0 unspecified atom stereocenters. The van der Waals surface area contributed by atoms with E-state index in [0.717, 1.165) is 25.7 Å². The molecule has 0 bridgehead atoms. The molecule has 0 aromatic carbocycles. The Kier molecular flexibility index (Phi) is 3.53. The average Bonchev–Trinajstić information content (AvgIpc) is 1.97. The molecule has 0 radical (unpaired) electrons. The lowest BCUT2D eigenvalue weighted by molar-refractivity contribution is -0.154. The van der Waals surface area contributed by atoms with Gasteiger partial charge in [-0.3, -0.25) is 4.79 Å². The summed E-state index contributed by atoms with van der Waals surface area (Å²) in [6.07, 6.45) is 5.04. The number of carbonyl (C=O) groups excluding carboxylic acids is 1. The SMILES string of the molecule is CCC[C@@H](N)C(=O)OC1CCC1. The van der Waals surface area contributed by atoms with Crippen molar-refractivity contribution in [1.82, 2.24) is 0 Å². The van der Waals surface area contributed by atoms with Crippen LogP contribution in [-0.4, -0.2) is 18.1 Å². The number of hydrogen-bond donors (Lipinski definition) is 1. The predicted octanol–water partition coefficient (Wildman–Crippen LogP) is 1.21. The maximum Gasteiger partial charge on any atom is 0.323 e. The molecule has 1 saturated carbocycles. The Hall–Kier alpha value is -0.570. The van der Waals surface area contributed by atoms with E-state index in [1.807, 2.05) is 6.92 Å². The van der Waals surface area contributed by atoms with Crippen LogP contribution < -0.4 is 5.73 Å². The molecular weight excluding hydrogens is 154 g/mol. The van der Waals surface area contributed by atoms with Gasteiger partial charge in [-0.1, -0.05) is 13.3 Å². The first-order chi connectivity index (χ1) is 5.74. The molecule has 3 heteroatoms. The minimum Gasteiger partial charge on any atom is -0.461 e. The molecular formula is C9H17NO2. The van der Waals surface area contributed by atoms with Gasteiger partial charge in [-0.15, -0.1) is 0 Å². The van der Waals surface area contributed by atoms with E-state index < -0.39 is 6.04 Å². The van der Waals surface area contributed by atoms with E-state index in [-0.39, 0.29) is 12.1 Å². The third-order valence-corrected chi connectivity index (χ3v) is 2.24. The molecule has 12 heavy (non-hydrogen) atoms. The molecule has 70 valence electrons. The lowest BCUT2D eigenvalue weighted by Crippen LogP contribution is -2.36. The van der Waals surface area contributed by atoms with Crippen molar-refractivity contribution in [3.63, 3.8) is 0 Å². The zero-order valence-corrected chi connectivity index (χ0v) is 7.58. The van der Waals surface area contributed by atoms with Crippen molar-refractivity contribution in [3.8, 4) is 0 Å². The summed E-state index contributed by atoms with van der Waals surface area (Å²) in [6.45, 7) is 2.01. The van der Waals surface area contributed by atoms with Crippen LogP contribution in [0.1, 0.15) is 39.0 Å². The van der Waals surface area contributed by atoms with Crippen LogP contribution >= 0.6 is 0 Å². The van der Waals surface area contributed by atoms with Gasteiger partial charge in [0.25, 0.3) is 0 Å². The highest BCUT2D eigenvalue weighted by Gasteiger charge is 2.24. The molecule has 0 spiro atoms. The number of nitrogens with two attached hydrogens (primary N) is 1. The summed E-state index contributed by atoms with van der Waals surface area (Å²) in [7, 11) is 0. The maximum atomic E-state index is 11.2. The van der Waals surface area contributed by atoms with Crippen LogP contribution in [-0.2, 0) is 9.53 Å². The molecule has 1 fully saturated rings. The van der Waals surface area contributed by atoms with E-state index in [9.17, 15) is 4.79 Å². The van der Waals surface area contributed by atoms with Gasteiger partial charge in [-0.05, 0) is 25.7 Å². The maximum absolute atomic E-state index is 11.2. The van der Waals surface area contributed by atoms with Gasteiger partial charge in [0, 0.05) is 0 Å². The largest absolute Gasteiger partial charge is 0.461 e. The van der Waals surface area contributed by atoms with Gasteiger partial charge in [-0.25, -0.2) is 0 Å². The van der Waals surface area contributed by atoms with Crippen LogP contribution in [0, 0.1) is 0 Å². The molecule has 0 heterocycles. The Bertz CT molecular complexity index is 155. The van der Waals surface area contributed by atoms with E-state index in [4.69, 9.17) is 10.5 Å². The topological polar surface area (TPSA) is 52.3 Å². The van der Waals surface area contributed by atoms with Crippen molar-refractivity contribution in [3.05, 3.63) is 0 Å². The molecule has 1 rings (SSSR count). The fraction of sp³-hybridized carbons (Fsp3) is 0.889. The van der Waals surface area contributed by atoms with E-state index >= 15 is 0 Å². The number of esters is 1. The Labute approximate surface area is 73.3 Å². The quantitative estimate of drug-likeness (QED) is 0.647. The van der Waals surface area contributed by atoms with Crippen LogP contribution in [0.4, 0.5) is 0 Å². The van der Waals surface area contributed by atoms with Crippen molar-refractivity contribution in [2.45, 2.75) is 51.2 Å². The lowest BCUT2D eigenvalue weighted by atomic mass is 9.96. The predicted molar refractivity (Wildman–Crippen MR) is 46.6 cm³/mol. The van der Waals surface area contributed by atoms with Crippen molar-refractivity contribution in [1.29, 1.82) is 0 Å². The van der Waals surface area contributed by atoms with Crippen LogP contribution in [0.3, 0.4) is 0 Å². The smallest absolute Gasteiger partial charge is 0.323 e. The molecule has 3 nitrogen and oxygen atoms in total. The first kappa shape index (κ1) is 9.52. The molecule has 0 aromatic heterocycles. The van der Waals surface area contributed by atoms with Crippen molar-refractivity contribution in [2.24, 2.45) is 5.73 Å². The highest BCUT2D eigenvalue weighted by Crippen LogP contribution is 2.22. The molecule has 0 aliphatic heterocycles. The zero-order chi connectivity index (χ0) is 8.97. The van der Waals surface area contributed by atoms with Crippen LogP contribution in [0.5, 0.6) is 0 Å². The number of carbonyl (C=O) groups is 1. The first-order valence-electron chi connectivity index (χ1n) is 4.70. The number of ether oxygens (including phenoxy) is 1. The standard InChI is InChI=1S/C9H17NO2/c1-2-4-8(10)9(11)12-7-5-3-6-7/h7-8H,2-6,10H2,1H3/t8-/m1/s1. The summed E-state index contributed by atoms with van der Waals surface area (Å²) < 4.78 is 5.14. The lowest BCUT2D eigenvalue weighted by Gasteiger charge is -2.26. The van der Waals surface area contributed by atoms with Gasteiger partial charge in [0.05, 0.1) is 0 Å². The Morgan fingerprint density at radius 2 is 2.33 bits per heavy atom. The summed E-state index contributed by atoms with van der Waals surface area (Å²) >= 11 is 0. The molecule has 0 aromatic rings. The van der Waals surface area contributed by atoms with Gasteiger partial charge in [-0.2, -0.15) is 0 Å². The second-order valence-corrected chi connectivity index (χ2v) is 3.38. The van der Waals surface area contributed by atoms with Crippen LogP contribution in [0.2, 0.25) is 0 Å². The fourth-order valence-electron chi connectivity index (χ4n) is 1.17. The highest BCUT2D eigenvalue weighted by molar-refractivity contribution is 5.75. The van der Waals surface area contributed by atoms with Crippen molar-refractivity contribution < 1.29 is 9.53 Å². The second-order valence-electron chi connectivity index (χ2n) is 3.38. The van der Waals surface area contributed by atoms with Gasteiger partial charge in [0.2, 0.25) is 0 Å². The van der Waals surface area contributed by atoms with Gasteiger partial charge in [0.1, 0.15) is 12.1 Å². The number of rotatable bonds is 4. The van der Waals surface area contributed by atoms with Crippen LogP contribution in [0.15, 0.2) is 0 Å². The van der Waals surface area contributed by atoms with Crippen molar-refractivity contribution in [2.75, 3.05) is 0 Å². The summed E-state index contributed by atoms with van der Waals surface area (Å²) in [6, 6.07) is -0.407. The Morgan fingerprint density at radius 3 is 2.75 bits per heavy atom. The highest BCUT2D eigenvalue weighted by atomic mass is 16.5. The minimum absolute atomic E-state index is 0.167. The van der Waals surface area contributed by atoms with E-state index in [1.54, 1.807) is 0 Å². The van der Waals surface area contributed by atoms with E-state index in [1.165, 1.54) is 6.42 Å².